The van der Waals surface area contributed by atoms with E-state index in [4.69, 9.17) is 15.0 Å². The van der Waals surface area contributed by atoms with Gasteiger partial charge in [-0.3, -0.25) is 14.4 Å². The Morgan fingerprint density at radius 3 is 2.26 bits per heavy atom. The van der Waals surface area contributed by atoms with E-state index in [1.54, 1.807) is 0 Å². The van der Waals surface area contributed by atoms with Gasteiger partial charge in [0.05, 0.1) is 35.7 Å². The lowest BCUT2D eigenvalue weighted by Crippen LogP contribution is -2.42. The highest BCUT2D eigenvalue weighted by Gasteiger charge is 2.37. The fourth-order valence-corrected chi connectivity index (χ4v) is 4.04. The first kappa shape index (κ1) is 28.1. The smallest absolute Gasteiger partial charge is 0.277 e. The molecule has 0 saturated heterocycles. The summed E-state index contributed by atoms with van der Waals surface area (Å²) < 4.78 is 50.0. The van der Waals surface area contributed by atoms with Crippen molar-refractivity contribution in [2.45, 2.75) is 38.9 Å². The molecule has 0 bridgehead atoms. The Morgan fingerprint density at radius 2 is 1.71 bits per heavy atom. The lowest BCUT2D eigenvalue weighted by Gasteiger charge is -2.36. The van der Waals surface area contributed by atoms with Crippen LogP contribution in [-0.2, 0) is 9.26 Å². The first-order valence-corrected chi connectivity index (χ1v) is 14.2. The molecule has 0 fully saturated rings. The second-order valence-corrected chi connectivity index (χ2v) is 15.0. The lowest BCUT2D eigenvalue weighted by molar-refractivity contribution is 0.0184. The molecule has 2 rings (SSSR count). The molecule has 0 aliphatic heterocycles. The van der Waals surface area contributed by atoms with Crippen molar-refractivity contribution >= 4 is 54.1 Å². The molecule has 4 N–H and O–H groups in total. The summed E-state index contributed by atoms with van der Waals surface area (Å²) in [5, 5.41) is 2.37. The predicted molar refractivity (Wildman–Crippen MR) is 134 cm³/mol. The highest BCUT2D eigenvalue weighted by atomic mass is 127. The summed E-state index contributed by atoms with van der Waals surface area (Å²) in [4.78, 5) is 29.4. The molecular formula is C22H27F3IN3O4Si. The molecule has 0 saturated carbocycles. The van der Waals surface area contributed by atoms with E-state index < -0.39 is 54.4 Å². The minimum absolute atomic E-state index is 0.0148. The second-order valence-electron chi connectivity index (χ2n) is 8.98. The zero-order valence-corrected chi connectivity index (χ0v) is 22.6. The van der Waals surface area contributed by atoms with Crippen LogP contribution in [-0.4, -0.2) is 33.3 Å². The van der Waals surface area contributed by atoms with E-state index in [0.717, 1.165) is 6.07 Å². The maximum atomic E-state index is 14.8. The summed E-state index contributed by atoms with van der Waals surface area (Å²) in [5.74, 6) is -6.17. The Balaban J connectivity index is 2.24. The van der Waals surface area contributed by atoms with Gasteiger partial charge in [-0.25, -0.2) is 18.7 Å². The number of halogens is 4. The Kier molecular flexibility index (Phi) is 9.13. The molecule has 0 aromatic heterocycles. The molecule has 12 heteroatoms. The maximum Gasteiger partial charge on any atom is 0.277 e. The quantitative estimate of drug-likeness (QED) is 0.156. The number of benzene rings is 2. The molecule has 186 valence electrons. The van der Waals surface area contributed by atoms with E-state index >= 15 is 0 Å². The Labute approximate surface area is 210 Å². The molecule has 0 spiro atoms. The largest absolute Gasteiger partial charge is 0.414 e. The van der Waals surface area contributed by atoms with Gasteiger partial charge in [-0.05, 0) is 65.0 Å². The van der Waals surface area contributed by atoms with Crippen LogP contribution in [0, 0.1) is 21.0 Å². The van der Waals surface area contributed by atoms with Gasteiger partial charge < -0.3 is 15.5 Å². The van der Waals surface area contributed by atoms with Crippen LogP contribution in [0.3, 0.4) is 0 Å². The van der Waals surface area contributed by atoms with Crippen molar-refractivity contribution in [1.29, 1.82) is 0 Å². The molecule has 0 unspecified atom stereocenters. The summed E-state index contributed by atoms with van der Waals surface area (Å²) in [7, 11) is -2.02. The van der Waals surface area contributed by atoms with Crippen molar-refractivity contribution in [2.24, 2.45) is 5.73 Å². The SMILES string of the molecule is CC(C)(C)[Si](C)(C)OCCONC(=O)c1cc(C(N)=O)c(F)c(F)c1Nc1ccc(I)cc1F. The van der Waals surface area contributed by atoms with Crippen molar-refractivity contribution in [2.75, 3.05) is 18.5 Å². The predicted octanol–water partition coefficient (Wildman–Crippen LogP) is 5.23. The zero-order valence-electron chi connectivity index (χ0n) is 19.4. The van der Waals surface area contributed by atoms with Gasteiger partial charge in [0.2, 0.25) is 0 Å². The average Bonchev–Trinajstić information content (AvgIpc) is 2.71. The van der Waals surface area contributed by atoms with E-state index in [0.29, 0.717) is 3.57 Å². The van der Waals surface area contributed by atoms with Gasteiger partial charge in [-0.15, -0.1) is 0 Å². The summed E-state index contributed by atoms with van der Waals surface area (Å²) in [5.41, 5.74) is 4.99. The first-order chi connectivity index (χ1) is 15.7. The normalized spacial score (nSPS) is 11.9. The third kappa shape index (κ3) is 6.70. The second kappa shape index (κ2) is 11.1. The van der Waals surface area contributed by atoms with Crippen molar-refractivity contribution in [1.82, 2.24) is 5.48 Å². The van der Waals surface area contributed by atoms with Crippen molar-refractivity contribution in [3.05, 3.63) is 56.4 Å². The molecule has 2 aromatic rings. The summed E-state index contributed by atoms with van der Waals surface area (Å²) in [6.45, 7) is 10.5. The molecule has 0 atom stereocenters. The fourth-order valence-electron chi connectivity index (χ4n) is 2.56. The molecular weight excluding hydrogens is 582 g/mol. The number of anilines is 2. The van der Waals surface area contributed by atoms with Crippen LogP contribution in [0.2, 0.25) is 18.1 Å². The standard InChI is InChI=1S/C22H27F3IN3O4Si/c1-22(2,3)34(4,5)33-9-8-32-29-21(31)14-11-13(20(27)30)17(24)18(25)19(14)28-16-7-6-12(26)10-15(16)23/h6-7,10-11,28H,8-9H2,1-5H3,(H2,27,30)(H,29,31). The number of carbonyl (C=O) groups excluding carboxylic acids is 2. The van der Waals surface area contributed by atoms with Gasteiger partial charge >= 0.3 is 0 Å². The van der Waals surface area contributed by atoms with E-state index in [2.05, 4.69) is 44.7 Å². The molecule has 0 radical (unpaired) electrons. The Bertz CT molecular complexity index is 1090. The molecule has 2 aromatic carbocycles. The van der Waals surface area contributed by atoms with Crippen LogP contribution in [0.1, 0.15) is 41.5 Å². The van der Waals surface area contributed by atoms with Crippen LogP contribution in [0.5, 0.6) is 0 Å². The molecule has 0 heterocycles. The number of nitrogens with one attached hydrogen (secondary N) is 2. The summed E-state index contributed by atoms with van der Waals surface area (Å²) in [6.07, 6.45) is 0. The molecule has 0 aliphatic carbocycles. The molecule has 34 heavy (non-hydrogen) atoms. The Morgan fingerprint density at radius 1 is 1.06 bits per heavy atom. The van der Waals surface area contributed by atoms with Gasteiger partial charge in [0.25, 0.3) is 11.8 Å². The van der Waals surface area contributed by atoms with Gasteiger partial charge in [-0.2, -0.15) is 0 Å². The minimum atomic E-state index is -2.02. The number of hydroxylamine groups is 1. The molecule has 7 nitrogen and oxygen atoms in total. The number of carbonyl (C=O) groups is 2. The fraction of sp³-hybridized carbons (Fsp3) is 0.364. The Hall–Kier alpha value is -2.16. The molecule has 2 amide bonds. The zero-order chi connectivity index (χ0) is 25.8. The van der Waals surface area contributed by atoms with E-state index in [9.17, 15) is 22.8 Å². The van der Waals surface area contributed by atoms with Crippen molar-refractivity contribution in [3.63, 3.8) is 0 Å². The van der Waals surface area contributed by atoms with E-state index in [1.807, 2.05) is 22.6 Å². The van der Waals surface area contributed by atoms with Crippen LogP contribution in [0.25, 0.3) is 0 Å². The lowest BCUT2D eigenvalue weighted by atomic mass is 10.1. The third-order valence-corrected chi connectivity index (χ3v) is 10.7. The number of amides is 2. The van der Waals surface area contributed by atoms with Gasteiger partial charge in [0.15, 0.2) is 20.0 Å². The van der Waals surface area contributed by atoms with Gasteiger partial charge in [0, 0.05) is 3.57 Å². The van der Waals surface area contributed by atoms with E-state index in [1.165, 1.54) is 18.2 Å². The maximum absolute atomic E-state index is 14.8. The summed E-state index contributed by atoms with van der Waals surface area (Å²) >= 11 is 1.88. The van der Waals surface area contributed by atoms with Crippen LogP contribution < -0.4 is 16.5 Å². The van der Waals surface area contributed by atoms with Gasteiger partial charge in [0.1, 0.15) is 5.82 Å². The van der Waals surface area contributed by atoms with Gasteiger partial charge in [-0.1, -0.05) is 20.8 Å². The average molecular weight is 609 g/mol. The summed E-state index contributed by atoms with van der Waals surface area (Å²) in [6, 6.07) is 4.77. The first-order valence-electron chi connectivity index (χ1n) is 10.3. The third-order valence-electron chi connectivity index (χ3n) is 5.53. The highest BCUT2D eigenvalue weighted by molar-refractivity contribution is 14.1. The number of hydrogen-bond acceptors (Lipinski definition) is 5. The van der Waals surface area contributed by atoms with Crippen molar-refractivity contribution in [3.8, 4) is 0 Å². The highest BCUT2D eigenvalue weighted by Crippen LogP contribution is 2.36. The number of hydrogen-bond donors (Lipinski definition) is 3. The minimum Gasteiger partial charge on any atom is -0.414 e. The number of nitrogens with two attached hydrogens (primary N) is 1. The monoisotopic (exact) mass is 609 g/mol. The van der Waals surface area contributed by atoms with Crippen LogP contribution in [0.15, 0.2) is 24.3 Å². The van der Waals surface area contributed by atoms with Crippen molar-refractivity contribution < 1.29 is 32.0 Å². The topological polar surface area (TPSA) is 103 Å². The number of rotatable bonds is 9. The molecule has 0 aliphatic rings. The van der Waals surface area contributed by atoms with Crippen LogP contribution in [0.4, 0.5) is 24.5 Å². The van der Waals surface area contributed by atoms with E-state index in [-0.39, 0.29) is 23.9 Å². The van der Waals surface area contributed by atoms with Crippen LogP contribution >= 0.6 is 22.6 Å². The number of primary amides is 1.